The first kappa shape index (κ1) is 23.0. The summed E-state index contributed by atoms with van der Waals surface area (Å²) in [6, 6.07) is 14.1. The van der Waals surface area contributed by atoms with Gasteiger partial charge in [0.15, 0.2) is 0 Å². The predicted octanol–water partition coefficient (Wildman–Crippen LogP) is 6.17. The Labute approximate surface area is 181 Å². The van der Waals surface area contributed by atoms with Crippen molar-refractivity contribution in [3.8, 4) is 0 Å². The molecular weight excluding hydrogens is 373 g/mol. The Balaban J connectivity index is 1.68. The van der Waals surface area contributed by atoms with Gasteiger partial charge in [-0.15, -0.1) is 0 Å². The summed E-state index contributed by atoms with van der Waals surface area (Å²) in [5, 5.41) is 14.4. The molecule has 0 saturated heterocycles. The van der Waals surface area contributed by atoms with Gasteiger partial charge in [-0.25, -0.2) is 4.39 Å². The Morgan fingerprint density at radius 2 is 1.80 bits per heavy atom. The summed E-state index contributed by atoms with van der Waals surface area (Å²) in [6.07, 6.45) is 6.80. The molecule has 0 bridgehead atoms. The van der Waals surface area contributed by atoms with Gasteiger partial charge in [-0.3, -0.25) is 0 Å². The molecule has 0 aliphatic heterocycles. The van der Waals surface area contributed by atoms with E-state index in [0.717, 1.165) is 24.0 Å². The van der Waals surface area contributed by atoms with Crippen LogP contribution in [-0.4, -0.2) is 17.8 Å². The van der Waals surface area contributed by atoms with E-state index >= 15 is 0 Å². The van der Waals surface area contributed by atoms with Crippen LogP contribution in [0.3, 0.4) is 0 Å². The third-order valence-corrected chi connectivity index (χ3v) is 6.53. The van der Waals surface area contributed by atoms with E-state index in [4.69, 9.17) is 0 Å². The molecule has 1 saturated carbocycles. The Hall–Kier alpha value is -1.71. The summed E-state index contributed by atoms with van der Waals surface area (Å²) in [5.74, 6) is -0.197. The maximum absolute atomic E-state index is 13.6. The average molecular weight is 412 g/mol. The summed E-state index contributed by atoms with van der Waals surface area (Å²) in [4.78, 5) is 0. The van der Waals surface area contributed by atoms with Crippen LogP contribution in [0.4, 0.5) is 4.39 Å². The number of hydrogen-bond donors (Lipinski definition) is 2. The third-order valence-electron chi connectivity index (χ3n) is 6.53. The predicted molar refractivity (Wildman–Crippen MR) is 123 cm³/mol. The molecule has 2 aromatic rings. The van der Waals surface area contributed by atoms with Crippen molar-refractivity contribution >= 4 is 0 Å². The van der Waals surface area contributed by atoms with E-state index in [0.29, 0.717) is 19.4 Å². The standard InChI is InChI=1S/C27H38FNO/c1-20-15-21(17-24(28)16-20)11-12-25(30)19-29-27(13-6-5-7-14-27)23-10-8-9-22(18-23)26(2,3)4/h8-10,15-18,25,29-30H,5-7,11-14,19H2,1-4H3. The fraction of sp³-hybridized carbons (Fsp3) is 0.556. The van der Waals surface area contributed by atoms with E-state index in [2.05, 4.69) is 50.4 Å². The first-order valence-electron chi connectivity index (χ1n) is 11.5. The highest BCUT2D eigenvalue weighted by molar-refractivity contribution is 5.34. The summed E-state index contributed by atoms with van der Waals surface area (Å²) in [7, 11) is 0. The van der Waals surface area contributed by atoms with Crippen LogP contribution < -0.4 is 5.32 Å². The molecule has 164 valence electrons. The van der Waals surface area contributed by atoms with Crippen LogP contribution in [-0.2, 0) is 17.4 Å². The number of hydrogen-bond acceptors (Lipinski definition) is 2. The third kappa shape index (κ3) is 5.92. The Morgan fingerprint density at radius 1 is 1.07 bits per heavy atom. The Morgan fingerprint density at radius 3 is 2.47 bits per heavy atom. The quantitative estimate of drug-likeness (QED) is 0.571. The Kier molecular flexibility index (Phi) is 7.36. The number of nitrogens with one attached hydrogen (secondary N) is 1. The van der Waals surface area contributed by atoms with Crippen molar-refractivity contribution in [1.29, 1.82) is 0 Å². The molecule has 1 unspecified atom stereocenters. The minimum absolute atomic E-state index is 0.0596. The van der Waals surface area contributed by atoms with E-state index < -0.39 is 6.10 Å². The SMILES string of the molecule is Cc1cc(F)cc(CCC(O)CNC2(c3cccc(C(C)(C)C)c3)CCCCC2)c1. The molecule has 0 amide bonds. The van der Waals surface area contributed by atoms with Crippen LogP contribution in [0.1, 0.15) is 81.5 Å². The number of benzene rings is 2. The van der Waals surface area contributed by atoms with Gasteiger partial charge in [0.25, 0.3) is 0 Å². The number of aliphatic hydroxyl groups excluding tert-OH is 1. The first-order chi connectivity index (χ1) is 14.2. The zero-order valence-electron chi connectivity index (χ0n) is 19.1. The van der Waals surface area contributed by atoms with Gasteiger partial charge in [0.2, 0.25) is 0 Å². The molecule has 2 aromatic carbocycles. The molecule has 1 fully saturated rings. The number of rotatable bonds is 7. The fourth-order valence-electron chi connectivity index (χ4n) is 4.71. The highest BCUT2D eigenvalue weighted by Crippen LogP contribution is 2.38. The van der Waals surface area contributed by atoms with E-state index in [1.165, 1.54) is 30.4 Å². The van der Waals surface area contributed by atoms with Crippen molar-refractivity contribution in [3.05, 3.63) is 70.5 Å². The molecular formula is C27H38FNO. The molecule has 2 nitrogen and oxygen atoms in total. The van der Waals surface area contributed by atoms with Crippen molar-refractivity contribution in [2.75, 3.05) is 6.54 Å². The van der Waals surface area contributed by atoms with Gasteiger partial charge >= 0.3 is 0 Å². The molecule has 3 heteroatoms. The van der Waals surface area contributed by atoms with Crippen LogP contribution in [0.5, 0.6) is 0 Å². The summed E-state index contributed by atoms with van der Waals surface area (Å²) < 4.78 is 13.6. The van der Waals surface area contributed by atoms with Crippen LogP contribution in [0.15, 0.2) is 42.5 Å². The van der Waals surface area contributed by atoms with E-state index in [-0.39, 0.29) is 16.8 Å². The fourth-order valence-corrected chi connectivity index (χ4v) is 4.71. The zero-order valence-corrected chi connectivity index (χ0v) is 19.1. The van der Waals surface area contributed by atoms with Crippen molar-refractivity contribution in [2.45, 2.75) is 89.7 Å². The minimum atomic E-state index is -0.446. The molecule has 3 rings (SSSR count). The maximum atomic E-state index is 13.6. The second-order valence-corrected chi connectivity index (χ2v) is 10.2. The second kappa shape index (κ2) is 9.62. The lowest BCUT2D eigenvalue weighted by atomic mass is 9.74. The molecule has 0 heterocycles. The highest BCUT2D eigenvalue weighted by Gasteiger charge is 2.34. The molecule has 0 spiro atoms. The second-order valence-electron chi connectivity index (χ2n) is 10.2. The first-order valence-corrected chi connectivity index (χ1v) is 11.5. The van der Waals surface area contributed by atoms with Crippen molar-refractivity contribution in [3.63, 3.8) is 0 Å². The van der Waals surface area contributed by atoms with E-state index in [1.54, 1.807) is 12.1 Å². The van der Waals surface area contributed by atoms with Gasteiger partial charge in [0.05, 0.1) is 6.10 Å². The summed E-state index contributed by atoms with van der Waals surface area (Å²) in [6.45, 7) is 9.23. The lowest BCUT2D eigenvalue weighted by Gasteiger charge is -2.40. The van der Waals surface area contributed by atoms with Gasteiger partial charge in [0.1, 0.15) is 5.82 Å². The smallest absolute Gasteiger partial charge is 0.123 e. The number of aryl methyl sites for hydroxylation is 2. The van der Waals surface area contributed by atoms with Crippen LogP contribution in [0, 0.1) is 12.7 Å². The molecule has 30 heavy (non-hydrogen) atoms. The van der Waals surface area contributed by atoms with Crippen molar-refractivity contribution in [2.24, 2.45) is 0 Å². The summed E-state index contributed by atoms with van der Waals surface area (Å²) in [5.41, 5.74) is 4.65. The zero-order chi connectivity index (χ0) is 21.8. The van der Waals surface area contributed by atoms with Gasteiger partial charge in [-0.05, 0) is 72.4 Å². The largest absolute Gasteiger partial charge is 0.392 e. The molecule has 1 aliphatic rings. The van der Waals surface area contributed by atoms with E-state index in [9.17, 15) is 9.50 Å². The lowest BCUT2D eigenvalue weighted by Crippen LogP contribution is -2.47. The Bertz CT molecular complexity index is 813. The van der Waals surface area contributed by atoms with Crippen LogP contribution in [0.2, 0.25) is 0 Å². The molecule has 0 aromatic heterocycles. The van der Waals surface area contributed by atoms with Gasteiger partial charge in [-0.1, -0.05) is 70.4 Å². The molecule has 0 radical (unpaired) electrons. The highest BCUT2D eigenvalue weighted by atomic mass is 19.1. The molecule has 2 N–H and O–H groups in total. The summed E-state index contributed by atoms with van der Waals surface area (Å²) >= 11 is 0. The van der Waals surface area contributed by atoms with Gasteiger partial charge < -0.3 is 10.4 Å². The van der Waals surface area contributed by atoms with E-state index in [1.807, 2.05) is 13.0 Å². The van der Waals surface area contributed by atoms with Crippen LogP contribution >= 0.6 is 0 Å². The maximum Gasteiger partial charge on any atom is 0.123 e. The average Bonchev–Trinajstić information content (AvgIpc) is 2.70. The van der Waals surface area contributed by atoms with Gasteiger partial charge in [0, 0.05) is 12.1 Å². The topological polar surface area (TPSA) is 32.3 Å². The number of halogens is 1. The molecule has 1 atom stereocenters. The monoisotopic (exact) mass is 411 g/mol. The minimum Gasteiger partial charge on any atom is -0.392 e. The van der Waals surface area contributed by atoms with Gasteiger partial charge in [-0.2, -0.15) is 0 Å². The lowest BCUT2D eigenvalue weighted by molar-refractivity contribution is 0.131. The van der Waals surface area contributed by atoms with Crippen LogP contribution in [0.25, 0.3) is 0 Å². The van der Waals surface area contributed by atoms with Crippen molar-refractivity contribution < 1.29 is 9.50 Å². The molecule has 1 aliphatic carbocycles. The normalized spacial score (nSPS) is 17.7. The number of aliphatic hydroxyl groups is 1. The van der Waals surface area contributed by atoms with Crippen molar-refractivity contribution in [1.82, 2.24) is 5.32 Å².